The molecule has 0 aliphatic carbocycles. The summed E-state index contributed by atoms with van der Waals surface area (Å²) in [5.74, 6) is -2.24. The highest BCUT2D eigenvalue weighted by Crippen LogP contribution is 2.45. The highest BCUT2D eigenvalue weighted by molar-refractivity contribution is 7.47. The van der Waals surface area contributed by atoms with Crippen molar-refractivity contribution >= 4 is 39.5 Å². The molecule has 0 saturated heterocycles. The molecule has 0 amide bonds. The van der Waals surface area contributed by atoms with E-state index in [4.69, 9.17) is 37.0 Å². The molecule has 0 aromatic carbocycles. The zero-order valence-corrected chi connectivity index (χ0v) is 64.6. The number of rotatable bonds is 73. The molecule has 5 atom stereocenters. The Bertz CT molecular complexity index is 2320. The second-order valence-electron chi connectivity index (χ2n) is 25.9. The fraction of sp³-hybridized carbons (Fsp3) is 0.728. The minimum Gasteiger partial charge on any atom is -0.462 e. The summed E-state index contributed by atoms with van der Waals surface area (Å²) in [6.45, 7) is 4.54. The molecular weight excluding hydrogens is 1310 g/mol. The van der Waals surface area contributed by atoms with Gasteiger partial charge < -0.3 is 33.8 Å². The van der Waals surface area contributed by atoms with Crippen LogP contribution in [0.4, 0.5) is 0 Å². The van der Waals surface area contributed by atoms with Crippen LogP contribution in [-0.2, 0) is 65.4 Å². The third-order valence-corrected chi connectivity index (χ3v) is 18.1. The van der Waals surface area contributed by atoms with E-state index in [2.05, 4.69) is 137 Å². The molecule has 0 radical (unpaired) electrons. The number of unbranched alkanes of at least 4 members (excludes halogenated alkanes) is 29. The van der Waals surface area contributed by atoms with Crippen molar-refractivity contribution < 1.29 is 80.2 Å². The van der Waals surface area contributed by atoms with Gasteiger partial charge in [0.15, 0.2) is 12.2 Å². The molecule has 0 heterocycles. The standard InChI is InChI=1S/C81H140O17P2/c1-5-9-13-17-21-25-29-33-36-37-40-43-46-50-54-58-62-66-79(84)92-71-76(97-80(85)67-63-59-55-51-47-41-32-28-24-20-16-12-8-4)73-95-99(87,88)93-69-75(82)70-94-100(89,90)96-74-77(98-81(86)68-64-60-56-52-48-44-39-35-31-27-23-19-15-11-7-3)72-91-78(83)65-61-57-53-49-45-42-38-34-30-26-22-18-14-10-6-2/h9-10,13-14,16,20-22,25-26,28,32-34,36,38,45,49,75-77,82H,5-8,11-12,15,17-19,23-24,27,29-31,35,37,39-44,46-48,50-74H2,1-4H3,(H,87,88)(H,89,90)/b13-9-,14-10-,20-16-,25-21-,26-22-,32-28-,36-33-,38-34-,49-45-. The Hall–Kier alpha value is -4.28. The van der Waals surface area contributed by atoms with Crippen LogP contribution < -0.4 is 0 Å². The summed E-state index contributed by atoms with van der Waals surface area (Å²) in [5, 5.41) is 10.6. The minimum atomic E-state index is -4.98. The lowest BCUT2D eigenvalue weighted by atomic mass is 10.0. The third kappa shape index (κ3) is 72.1. The first-order valence-corrected chi connectivity index (χ1v) is 42.1. The largest absolute Gasteiger partial charge is 0.472 e. The number of carbonyl (C=O) groups is 4. The van der Waals surface area contributed by atoms with Gasteiger partial charge in [-0.05, 0) is 122 Å². The molecule has 100 heavy (non-hydrogen) atoms. The molecule has 576 valence electrons. The molecule has 19 heteroatoms. The Morgan fingerprint density at radius 3 is 0.860 bits per heavy atom. The minimum absolute atomic E-state index is 0.0749. The van der Waals surface area contributed by atoms with Crippen molar-refractivity contribution in [1.29, 1.82) is 0 Å². The molecule has 17 nitrogen and oxygen atoms in total. The Labute approximate surface area is 607 Å². The summed E-state index contributed by atoms with van der Waals surface area (Å²) in [5.41, 5.74) is 0. The number of esters is 4. The van der Waals surface area contributed by atoms with Crippen molar-refractivity contribution in [2.24, 2.45) is 0 Å². The van der Waals surface area contributed by atoms with Crippen LogP contribution in [0.3, 0.4) is 0 Å². The maximum atomic E-state index is 13.1. The van der Waals surface area contributed by atoms with E-state index in [1.165, 1.54) is 64.2 Å². The summed E-state index contributed by atoms with van der Waals surface area (Å²) >= 11 is 0. The fourth-order valence-corrected chi connectivity index (χ4v) is 11.9. The Morgan fingerprint density at radius 1 is 0.290 bits per heavy atom. The summed E-state index contributed by atoms with van der Waals surface area (Å²) < 4.78 is 68.5. The van der Waals surface area contributed by atoms with Crippen LogP contribution in [-0.4, -0.2) is 96.7 Å². The highest BCUT2D eigenvalue weighted by Gasteiger charge is 2.30. The molecule has 0 bridgehead atoms. The van der Waals surface area contributed by atoms with Gasteiger partial charge in [0.2, 0.25) is 0 Å². The number of hydrogen-bond donors (Lipinski definition) is 3. The van der Waals surface area contributed by atoms with Crippen molar-refractivity contribution in [3.8, 4) is 0 Å². The molecular formula is C81H140O17P2. The number of phosphoric ester groups is 2. The summed E-state index contributed by atoms with van der Waals surface area (Å²) in [6.07, 6.45) is 77.9. The Kier molecular flexibility index (Phi) is 69.9. The van der Waals surface area contributed by atoms with Crippen LogP contribution in [0.5, 0.6) is 0 Å². The van der Waals surface area contributed by atoms with Gasteiger partial charge >= 0.3 is 39.5 Å². The molecule has 0 aromatic heterocycles. The average molecular weight is 1450 g/mol. The van der Waals surface area contributed by atoms with Gasteiger partial charge in [-0.1, -0.05) is 285 Å². The number of aliphatic hydroxyl groups is 1. The van der Waals surface area contributed by atoms with E-state index in [9.17, 15) is 43.2 Å². The van der Waals surface area contributed by atoms with Crippen molar-refractivity contribution in [3.63, 3.8) is 0 Å². The Morgan fingerprint density at radius 2 is 0.540 bits per heavy atom. The van der Waals surface area contributed by atoms with E-state index in [0.29, 0.717) is 25.7 Å². The van der Waals surface area contributed by atoms with Crippen molar-refractivity contribution in [3.05, 3.63) is 109 Å². The average Bonchev–Trinajstić information content (AvgIpc) is 0.988. The monoisotopic (exact) mass is 1450 g/mol. The van der Waals surface area contributed by atoms with Gasteiger partial charge in [0.25, 0.3) is 0 Å². The van der Waals surface area contributed by atoms with E-state index in [0.717, 1.165) is 180 Å². The van der Waals surface area contributed by atoms with E-state index in [-0.39, 0.29) is 25.7 Å². The number of hydrogen-bond acceptors (Lipinski definition) is 15. The normalized spacial score (nSPS) is 14.5. The summed E-state index contributed by atoms with van der Waals surface area (Å²) in [7, 11) is -9.97. The topological polar surface area (TPSA) is 237 Å². The first kappa shape index (κ1) is 95.7. The number of carbonyl (C=O) groups excluding carboxylic acids is 4. The summed E-state index contributed by atoms with van der Waals surface area (Å²) in [4.78, 5) is 72.9. The fourth-order valence-electron chi connectivity index (χ4n) is 10.3. The molecule has 3 N–H and O–H groups in total. The third-order valence-electron chi connectivity index (χ3n) is 16.2. The van der Waals surface area contributed by atoms with Crippen LogP contribution in [0.25, 0.3) is 0 Å². The van der Waals surface area contributed by atoms with Gasteiger partial charge in [-0.3, -0.25) is 37.3 Å². The number of aliphatic hydroxyl groups excluding tert-OH is 1. The van der Waals surface area contributed by atoms with Crippen LogP contribution in [0.2, 0.25) is 0 Å². The van der Waals surface area contributed by atoms with E-state index in [1.54, 1.807) is 0 Å². The maximum Gasteiger partial charge on any atom is 0.472 e. The summed E-state index contributed by atoms with van der Waals surface area (Å²) in [6, 6.07) is 0. The molecule has 0 spiro atoms. The van der Waals surface area contributed by atoms with Gasteiger partial charge in [-0.25, -0.2) is 9.13 Å². The van der Waals surface area contributed by atoms with Crippen molar-refractivity contribution in [2.75, 3.05) is 39.6 Å². The maximum absolute atomic E-state index is 13.1. The van der Waals surface area contributed by atoms with E-state index < -0.39 is 97.5 Å². The van der Waals surface area contributed by atoms with Crippen molar-refractivity contribution in [1.82, 2.24) is 0 Å². The van der Waals surface area contributed by atoms with Crippen LogP contribution in [0.1, 0.15) is 323 Å². The van der Waals surface area contributed by atoms with Crippen LogP contribution in [0, 0.1) is 0 Å². The predicted octanol–water partition coefficient (Wildman–Crippen LogP) is 22.6. The van der Waals surface area contributed by atoms with Gasteiger partial charge in [-0.15, -0.1) is 0 Å². The second-order valence-corrected chi connectivity index (χ2v) is 28.8. The zero-order chi connectivity index (χ0) is 73.2. The van der Waals surface area contributed by atoms with E-state index in [1.807, 2.05) is 0 Å². The molecule has 0 rings (SSSR count). The number of ether oxygens (including phenoxy) is 4. The van der Waals surface area contributed by atoms with Crippen molar-refractivity contribution in [2.45, 2.75) is 341 Å². The molecule has 0 aliphatic heterocycles. The van der Waals surface area contributed by atoms with E-state index >= 15 is 0 Å². The first-order valence-electron chi connectivity index (χ1n) is 39.1. The molecule has 0 aromatic rings. The highest BCUT2D eigenvalue weighted by atomic mass is 31.2. The predicted molar refractivity (Wildman–Crippen MR) is 408 cm³/mol. The Balaban J connectivity index is 5.37. The molecule has 0 aliphatic rings. The van der Waals surface area contributed by atoms with Gasteiger partial charge in [0, 0.05) is 25.7 Å². The van der Waals surface area contributed by atoms with Gasteiger partial charge in [0.1, 0.15) is 19.3 Å². The number of allylic oxidation sites excluding steroid dienone is 18. The zero-order valence-electron chi connectivity index (χ0n) is 62.8. The second kappa shape index (κ2) is 73.0. The SMILES string of the molecule is CC/C=C\C/C=C\C/C=C\C/C=C\CCCCC(=O)OCC(COP(=O)(O)OCC(O)COP(=O)(O)OCC(COC(=O)CCCCCCCCC/C=C\C/C=C\C/C=C\CC)OC(=O)CCCCCCC/C=C\C/C=C\CCC)OC(=O)CCCCCCCCCCCCCCCCC. The lowest BCUT2D eigenvalue weighted by Gasteiger charge is -2.21. The molecule has 5 unspecified atom stereocenters. The smallest absolute Gasteiger partial charge is 0.462 e. The molecule has 0 saturated carbocycles. The lowest BCUT2D eigenvalue weighted by molar-refractivity contribution is -0.161. The first-order chi connectivity index (χ1) is 48.7. The van der Waals surface area contributed by atoms with Gasteiger partial charge in [0.05, 0.1) is 26.4 Å². The van der Waals surface area contributed by atoms with Crippen LogP contribution in [0.15, 0.2) is 109 Å². The number of phosphoric acid groups is 2. The quantitative estimate of drug-likeness (QED) is 0.0169. The van der Waals surface area contributed by atoms with Crippen LogP contribution >= 0.6 is 15.6 Å². The molecule has 0 fully saturated rings. The lowest BCUT2D eigenvalue weighted by Crippen LogP contribution is -2.30. The van der Waals surface area contributed by atoms with Gasteiger partial charge in [-0.2, -0.15) is 0 Å².